The van der Waals surface area contributed by atoms with Crippen LogP contribution in [0.2, 0.25) is 5.02 Å². The second kappa shape index (κ2) is 14.5. The van der Waals surface area contributed by atoms with Crippen molar-refractivity contribution >= 4 is 52.3 Å². The van der Waals surface area contributed by atoms with Crippen molar-refractivity contribution in [2.45, 2.75) is 50.7 Å². The number of esters is 1. The highest BCUT2D eigenvalue weighted by Crippen LogP contribution is 2.48. The summed E-state index contributed by atoms with van der Waals surface area (Å²) in [7, 11) is 1.15. The van der Waals surface area contributed by atoms with Crippen LogP contribution in [0.25, 0.3) is 5.57 Å². The number of amidine groups is 1. The van der Waals surface area contributed by atoms with E-state index in [1.807, 2.05) is 6.92 Å². The van der Waals surface area contributed by atoms with Crippen LogP contribution in [-0.2, 0) is 19.1 Å². The average molecular weight is 694 g/mol. The maximum absolute atomic E-state index is 14.1. The summed E-state index contributed by atoms with van der Waals surface area (Å²) in [5, 5.41) is 11.7. The summed E-state index contributed by atoms with van der Waals surface area (Å²) in [5.41, 5.74) is -0.535. The third-order valence-corrected chi connectivity index (χ3v) is 8.71. The molecule has 2 aromatic heterocycles. The Morgan fingerprint density at radius 1 is 1.26 bits per heavy atom. The van der Waals surface area contributed by atoms with E-state index in [4.69, 9.17) is 26.1 Å². The zero-order valence-electron chi connectivity index (χ0n) is 25.3. The number of carbonyl (C=O) groups is 3. The standard InChI is InChI=1S/C30H31ClF3N7O5S/c1-3-4-12-46-22(42)7-9-36-27(43)30(38-29(44)45-2)15-21-23(20-8-11-41(39-20)28(33)34)24(18-6-5-17(32)14-19(18)31)37-25(40(21)16-30)26-35-10-13-47-26/h5-6,8,10-11,13-14,24,28H,3-4,7,9,12,15-16H2,1-2H3,(H,36,43)(H,38,44)/t24-,30+/m0/s1. The molecule has 1 fully saturated rings. The van der Waals surface area contributed by atoms with E-state index in [1.165, 1.54) is 29.5 Å². The summed E-state index contributed by atoms with van der Waals surface area (Å²) < 4.78 is 52.0. The number of nitrogens with zero attached hydrogens (tertiary/aromatic N) is 5. The molecular weight excluding hydrogens is 663 g/mol. The molecule has 0 spiro atoms. The number of methoxy groups -OCH3 is 1. The topological polar surface area (TPSA) is 140 Å². The molecule has 17 heteroatoms. The van der Waals surface area contributed by atoms with Crippen molar-refractivity contribution in [3.63, 3.8) is 0 Å². The van der Waals surface area contributed by atoms with Crippen molar-refractivity contribution in [1.29, 1.82) is 0 Å². The molecule has 0 aliphatic carbocycles. The lowest BCUT2D eigenvalue weighted by Gasteiger charge is -2.32. The van der Waals surface area contributed by atoms with Crippen LogP contribution in [0.3, 0.4) is 0 Å². The molecule has 47 heavy (non-hydrogen) atoms. The quantitative estimate of drug-likeness (QED) is 0.198. The summed E-state index contributed by atoms with van der Waals surface area (Å²) in [6.07, 6.45) is 3.03. The van der Waals surface area contributed by atoms with Gasteiger partial charge in [0.05, 0.1) is 32.4 Å². The number of nitrogens with one attached hydrogen (secondary N) is 2. The molecule has 0 bridgehead atoms. The predicted octanol–water partition coefficient (Wildman–Crippen LogP) is 5.09. The fourth-order valence-corrected chi connectivity index (χ4v) is 6.29. The number of hydrogen-bond donors (Lipinski definition) is 2. The molecule has 0 radical (unpaired) electrons. The lowest BCUT2D eigenvalue weighted by Crippen LogP contribution is -2.60. The van der Waals surface area contributed by atoms with Gasteiger partial charge in [-0.3, -0.25) is 14.6 Å². The Morgan fingerprint density at radius 3 is 2.72 bits per heavy atom. The van der Waals surface area contributed by atoms with Gasteiger partial charge < -0.3 is 25.0 Å². The number of carbonyl (C=O) groups excluding carboxylic acids is 3. The van der Waals surface area contributed by atoms with Gasteiger partial charge in [0.15, 0.2) is 10.8 Å². The third kappa shape index (κ3) is 7.27. The Bertz CT molecular complexity index is 1700. The Balaban J connectivity index is 1.61. The number of ether oxygens (including phenoxy) is 2. The molecule has 250 valence electrons. The van der Waals surface area contributed by atoms with Crippen LogP contribution in [0.15, 0.2) is 52.7 Å². The van der Waals surface area contributed by atoms with Crippen molar-refractivity contribution in [3.05, 3.63) is 74.8 Å². The van der Waals surface area contributed by atoms with Gasteiger partial charge >= 0.3 is 18.6 Å². The summed E-state index contributed by atoms with van der Waals surface area (Å²) >= 11 is 7.78. The number of aliphatic imine (C=N–C) groups is 1. The van der Waals surface area contributed by atoms with Crippen LogP contribution in [0, 0.1) is 5.82 Å². The maximum Gasteiger partial charge on any atom is 0.407 e. The van der Waals surface area contributed by atoms with Crippen molar-refractivity contribution in [3.8, 4) is 0 Å². The largest absolute Gasteiger partial charge is 0.466 e. The molecule has 1 saturated heterocycles. The van der Waals surface area contributed by atoms with Crippen molar-refractivity contribution in [2.24, 2.45) is 4.99 Å². The molecule has 12 nitrogen and oxygen atoms in total. The summed E-state index contributed by atoms with van der Waals surface area (Å²) in [5.74, 6) is -1.42. The number of alkyl carbamates (subject to hydrolysis) is 1. The molecule has 2 atom stereocenters. The van der Waals surface area contributed by atoms with E-state index in [0.717, 1.165) is 25.8 Å². The van der Waals surface area contributed by atoms with E-state index in [1.54, 1.807) is 16.5 Å². The highest BCUT2D eigenvalue weighted by Gasteiger charge is 2.53. The van der Waals surface area contributed by atoms with Crippen LogP contribution in [0.4, 0.5) is 18.0 Å². The van der Waals surface area contributed by atoms with E-state index in [9.17, 15) is 27.6 Å². The second-order valence-corrected chi connectivity index (χ2v) is 12.0. The number of halogens is 4. The first-order valence-corrected chi connectivity index (χ1v) is 15.9. The summed E-state index contributed by atoms with van der Waals surface area (Å²) in [6.45, 7) is -0.975. The van der Waals surface area contributed by atoms with Gasteiger partial charge in [0.2, 0.25) is 5.91 Å². The predicted molar refractivity (Wildman–Crippen MR) is 166 cm³/mol. The molecule has 5 rings (SSSR count). The molecule has 3 aromatic rings. The molecule has 4 heterocycles. The second-order valence-electron chi connectivity index (χ2n) is 10.7. The number of aromatic nitrogens is 3. The molecule has 0 unspecified atom stereocenters. The van der Waals surface area contributed by atoms with E-state index < -0.39 is 41.9 Å². The molecule has 2 amide bonds. The van der Waals surface area contributed by atoms with E-state index >= 15 is 0 Å². The van der Waals surface area contributed by atoms with Crippen LogP contribution in [-0.4, -0.2) is 75.8 Å². The molecular formula is C30H31ClF3N7O5S. The molecule has 0 saturated carbocycles. The number of unbranched alkanes of at least 4 members (excludes halogenated alkanes) is 1. The van der Waals surface area contributed by atoms with Gasteiger partial charge in [0.25, 0.3) is 0 Å². The molecule has 2 aliphatic rings. The first kappa shape index (κ1) is 33.9. The minimum atomic E-state index is -2.95. The van der Waals surface area contributed by atoms with Crippen LogP contribution in [0.5, 0.6) is 0 Å². The van der Waals surface area contributed by atoms with Crippen molar-refractivity contribution < 1.29 is 37.0 Å². The molecule has 2 N–H and O–H groups in total. The van der Waals surface area contributed by atoms with Gasteiger partial charge in [-0.1, -0.05) is 31.0 Å². The fraction of sp³-hybridized carbons (Fsp3) is 0.400. The monoisotopic (exact) mass is 693 g/mol. The van der Waals surface area contributed by atoms with Gasteiger partial charge in [-0.25, -0.2) is 18.9 Å². The highest BCUT2D eigenvalue weighted by molar-refractivity contribution is 7.11. The number of hydrogen-bond acceptors (Lipinski definition) is 10. The average Bonchev–Trinajstić information content (AvgIpc) is 3.81. The number of thiazole rings is 1. The smallest absolute Gasteiger partial charge is 0.407 e. The molecule has 1 aromatic carbocycles. The van der Waals surface area contributed by atoms with Crippen LogP contribution in [0.1, 0.15) is 61.5 Å². The van der Waals surface area contributed by atoms with Crippen molar-refractivity contribution in [2.75, 3.05) is 26.8 Å². The SMILES string of the molecule is CCCCOC(=O)CCNC(=O)[C@@]1(NC(=O)OC)CC2=C(c3ccn(C(F)F)n3)[C@H](c3ccc(F)cc3Cl)N=C(c3nccs3)N2C1. The number of alkyl halides is 2. The molecule has 2 aliphatic heterocycles. The number of benzene rings is 1. The first-order valence-electron chi connectivity index (χ1n) is 14.6. The highest BCUT2D eigenvalue weighted by atomic mass is 35.5. The van der Waals surface area contributed by atoms with Gasteiger partial charge in [0, 0.05) is 52.6 Å². The lowest BCUT2D eigenvalue weighted by molar-refractivity contribution is -0.143. The Kier molecular flexibility index (Phi) is 10.5. The Hall–Kier alpha value is -4.44. The third-order valence-electron chi connectivity index (χ3n) is 7.62. The minimum absolute atomic E-state index is 0.0255. The minimum Gasteiger partial charge on any atom is -0.466 e. The number of rotatable bonds is 12. The van der Waals surface area contributed by atoms with E-state index in [2.05, 4.69) is 20.7 Å². The Morgan fingerprint density at radius 2 is 2.06 bits per heavy atom. The summed E-state index contributed by atoms with van der Waals surface area (Å²) in [4.78, 5) is 49.8. The number of fused-ring (bicyclic) bond motifs is 1. The van der Waals surface area contributed by atoms with E-state index in [0.29, 0.717) is 38.8 Å². The summed E-state index contributed by atoms with van der Waals surface area (Å²) in [6, 6.07) is 4.13. The lowest BCUT2D eigenvalue weighted by atomic mass is 9.89. The van der Waals surface area contributed by atoms with E-state index in [-0.39, 0.29) is 43.3 Å². The van der Waals surface area contributed by atoms with Crippen LogP contribution < -0.4 is 10.6 Å². The zero-order chi connectivity index (χ0) is 33.7. The normalized spacial score (nSPS) is 19.0. The fourth-order valence-electron chi connectivity index (χ4n) is 5.38. The van der Waals surface area contributed by atoms with Gasteiger partial charge in [0.1, 0.15) is 17.4 Å². The van der Waals surface area contributed by atoms with Gasteiger partial charge in [-0.05, 0) is 24.6 Å². The van der Waals surface area contributed by atoms with Gasteiger partial charge in [-0.2, -0.15) is 13.9 Å². The maximum atomic E-state index is 14.1. The van der Waals surface area contributed by atoms with Crippen LogP contribution >= 0.6 is 22.9 Å². The zero-order valence-corrected chi connectivity index (χ0v) is 26.9. The van der Waals surface area contributed by atoms with Gasteiger partial charge in [-0.15, -0.1) is 11.3 Å². The Labute approximate surface area is 276 Å². The number of amides is 2. The first-order chi connectivity index (χ1) is 22.6. The van der Waals surface area contributed by atoms with Crippen molar-refractivity contribution in [1.82, 2.24) is 30.3 Å².